The number of alkyl halides is 1. The average molecular weight is 345 g/mol. The molecule has 0 N–H and O–H groups in total. The van der Waals surface area contributed by atoms with E-state index in [0.29, 0.717) is 11.9 Å². The largest absolute Gasteiger partial charge is 0.346 e. The van der Waals surface area contributed by atoms with Gasteiger partial charge in [0.15, 0.2) is 5.79 Å². The lowest BCUT2D eigenvalue weighted by molar-refractivity contribution is -0.156. The first kappa shape index (κ1) is 16.4. The first-order valence-corrected chi connectivity index (χ1v) is 9.07. The zero-order chi connectivity index (χ0) is 13.6. The SMILES string of the molecule is CCCCC[C@]1(CBr)OC[C@@H](COS(C)(=O)=O)O1. The summed E-state index contributed by atoms with van der Waals surface area (Å²) in [7, 11) is -3.42. The highest BCUT2D eigenvalue weighted by atomic mass is 79.9. The summed E-state index contributed by atoms with van der Waals surface area (Å²) in [5, 5.41) is 0.582. The van der Waals surface area contributed by atoms with Gasteiger partial charge < -0.3 is 9.47 Å². The van der Waals surface area contributed by atoms with E-state index >= 15 is 0 Å². The number of unbranched alkanes of at least 4 members (excludes halogenated alkanes) is 2. The lowest BCUT2D eigenvalue weighted by Crippen LogP contribution is -2.33. The minimum Gasteiger partial charge on any atom is -0.346 e. The summed E-state index contributed by atoms with van der Waals surface area (Å²) in [6, 6.07) is 0. The predicted molar refractivity (Wildman–Crippen MR) is 72.3 cm³/mol. The zero-order valence-corrected chi connectivity index (χ0v) is 13.3. The van der Waals surface area contributed by atoms with Crippen LogP contribution in [0.15, 0.2) is 0 Å². The van der Waals surface area contributed by atoms with Crippen molar-refractivity contribution in [3.8, 4) is 0 Å². The van der Waals surface area contributed by atoms with E-state index in [9.17, 15) is 8.42 Å². The maximum absolute atomic E-state index is 10.9. The Morgan fingerprint density at radius 2 is 2.17 bits per heavy atom. The Kier molecular flexibility index (Phi) is 6.54. The van der Waals surface area contributed by atoms with Crippen molar-refractivity contribution >= 4 is 26.0 Å². The van der Waals surface area contributed by atoms with Crippen LogP contribution in [0.5, 0.6) is 0 Å². The second-order valence-corrected chi connectivity index (χ2v) is 6.75. The number of hydrogen-bond donors (Lipinski definition) is 0. The minimum absolute atomic E-state index is 0.0152. The van der Waals surface area contributed by atoms with E-state index in [1.807, 2.05) is 0 Å². The molecule has 0 aromatic heterocycles. The van der Waals surface area contributed by atoms with Gasteiger partial charge in [0.2, 0.25) is 0 Å². The van der Waals surface area contributed by atoms with Crippen molar-refractivity contribution in [1.82, 2.24) is 0 Å². The van der Waals surface area contributed by atoms with E-state index in [2.05, 4.69) is 22.9 Å². The summed E-state index contributed by atoms with van der Waals surface area (Å²) in [4.78, 5) is 0. The van der Waals surface area contributed by atoms with Crippen LogP contribution >= 0.6 is 15.9 Å². The van der Waals surface area contributed by atoms with Crippen LogP contribution < -0.4 is 0 Å². The molecule has 1 saturated heterocycles. The Bertz CT molecular complexity index is 345. The molecule has 18 heavy (non-hydrogen) atoms. The molecule has 5 nitrogen and oxygen atoms in total. The molecule has 1 aliphatic heterocycles. The monoisotopic (exact) mass is 344 g/mol. The van der Waals surface area contributed by atoms with Crippen molar-refractivity contribution in [3.05, 3.63) is 0 Å². The summed E-state index contributed by atoms with van der Waals surface area (Å²) in [6.07, 6.45) is 4.81. The summed E-state index contributed by atoms with van der Waals surface area (Å²) < 4.78 is 38.0. The molecule has 0 amide bonds. The summed E-state index contributed by atoms with van der Waals surface area (Å²) in [5.74, 6) is -0.624. The molecule has 1 aliphatic rings. The van der Waals surface area contributed by atoms with Crippen molar-refractivity contribution in [2.75, 3.05) is 24.8 Å². The molecule has 2 atom stereocenters. The lowest BCUT2D eigenvalue weighted by atomic mass is 10.1. The Labute approximate surface area is 117 Å². The average Bonchev–Trinajstić information content (AvgIpc) is 2.71. The van der Waals surface area contributed by atoms with Gasteiger partial charge >= 0.3 is 0 Å². The standard InChI is InChI=1S/C11H21BrO5S/c1-3-4-5-6-11(9-12)15-7-10(17-11)8-16-18(2,13)14/h10H,3-9H2,1-2H3/t10-,11-/m0/s1. The van der Waals surface area contributed by atoms with Crippen molar-refractivity contribution in [1.29, 1.82) is 0 Å². The van der Waals surface area contributed by atoms with Gasteiger partial charge in [-0.3, -0.25) is 4.18 Å². The van der Waals surface area contributed by atoms with Crippen LogP contribution in [-0.4, -0.2) is 45.1 Å². The molecule has 108 valence electrons. The third-order valence-corrected chi connectivity index (χ3v) is 4.17. The molecule has 0 aromatic rings. The summed E-state index contributed by atoms with van der Waals surface area (Å²) in [5.41, 5.74) is 0. The van der Waals surface area contributed by atoms with Crippen LogP contribution in [0, 0.1) is 0 Å². The van der Waals surface area contributed by atoms with Crippen molar-refractivity contribution in [2.45, 2.75) is 44.5 Å². The molecule has 0 aromatic carbocycles. The Morgan fingerprint density at radius 3 is 2.72 bits per heavy atom. The van der Waals surface area contributed by atoms with Crippen LogP contribution in [0.25, 0.3) is 0 Å². The zero-order valence-electron chi connectivity index (χ0n) is 10.9. The molecule has 1 rings (SSSR count). The van der Waals surface area contributed by atoms with Gasteiger partial charge in [-0.25, -0.2) is 0 Å². The minimum atomic E-state index is -3.42. The van der Waals surface area contributed by atoms with E-state index in [1.165, 1.54) is 0 Å². The molecule has 1 heterocycles. The van der Waals surface area contributed by atoms with Crippen LogP contribution in [-0.2, 0) is 23.8 Å². The Morgan fingerprint density at radius 1 is 1.44 bits per heavy atom. The van der Waals surface area contributed by atoms with Gasteiger partial charge in [0.25, 0.3) is 10.1 Å². The Hall–Kier alpha value is 0.310. The number of ether oxygens (including phenoxy) is 2. The van der Waals surface area contributed by atoms with E-state index in [-0.39, 0.29) is 12.7 Å². The van der Waals surface area contributed by atoms with E-state index in [4.69, 9.17) is 13.7 Å². The number of hydrogen-bond acceptors (Lipinski definition) is 5. The predicted octanol–water partition coefficient (Wildman–Crippen LogP) is 2.05. The summed E-state index contributed by atoms with van der Waals surface area (Å²) in [6.45, 7) is 2.52. The van der Waals surface area contributed by atoms with Crippen molar-refractivity contribution in [2.24, 2.45) is 0 Å². The molecule has 0 radical (unpaired) electrons. The normalized spacial score (nSPS) is 28.7. The second kappa shape index (κ2) is 7.19. The van der Waals surface area contributed by atoms with Crippen LogP contribution in [0.1, 0.15) is 32.6 Å². The molecule has 7 heteroatoms. The molecule has 0 spiro atoms. The third-order valence-electron chi connectivity index (χ3n) is 2.75. The molecular formula is C11H21BrO5S. The van der Waals surface area contributed by atoms with Gasteiger partial charge in [-0.05, 0) is 6.42 Å². The number of halogens is 1. The van der Waals surface area contributed by atoms with E-state index < -0.39 is 15.9 Å². The van der Waals surface area contributed by atoms with Crippen molar-refractivity contribution in [3.63, 3.8) is 0 Å². The Balaban J connectivity index is 2.40. The maximum Gasteiger partial charge on any atom is 0.264 e. The molecule has 0 aliphatic carbocycles. The summed E-state index contributed by atoms with van der Waals surface area (Å²) >= 11 is 3.39. The fourth-order valence-electron chi connectivity index (χ4n) is 1.81. The maximum atomic E-state index is 10.9. The second-order valence-electron chi connectivity index (χ2n) is 4.54. The van der Waals surface area contributed by atoms with Crippen LogP contribution in [0.2, 0.25) is 0 Å². The van der Waals surface area contributed by atoms with Gasteiger partial charge in [0.05, 0.1) is 24.8 Å². The van der Waals surface area contributed by atoms with Gasteiger partial charge in [-0.15, -0.1) is 0 Å². The van der Waals surface area contributed by atoms with Gasteiger partial charge in [-0.1, -0.05) is 35.7 Å². The quantitative estimate of drug-likeness (QED) is 0.383. The van der Waals surface area contributed by atoms with Gasteiger partial charge in [-0.2, -0.15) is 8.42 Å². The highest BCUT2D eigenvalue weighted by Crippen LogP contribution is 2.31. The van der Waals surface area contributed by atoms with E-state index in [1.54, 1.807) is 0 Å². The smallest absolute Gasteiger partial charge is 0.264 e. The van der Waals surface area contributed by atoms with Crippen LogP contribution in [0.3, 0.4) is 0 Å². The van der Waals surface area contributed by atoms with Crippen molar-refractivity contribution < 1.29 is 22.1 Å². The third kappa shape index (κ3) is 5.52. The molecule has 0 saturated carbocycles. The van der Waals surface area contributed by atoms with Crippen LogP contribution in [0.4, 0.5) is 0 Å². The fraction of sp³-hybridized carbons (Fsp3) is 1.00. The topological polar surface area (TPSA) is 61.8 Å². The first-order chi connectivity index (χ1) is 8.41. The van der Waals surface area contributed by atoms with Gasteiger partial charge in [0.1, 0.15) is 6.10 Å². The molecule has 0 bridgehead atoms. The fourth-order valence-corrected chi connectivity index (χ4v) is 2.78. The lowest BCUT2D eigenvalue weighted by Gasteiger charge is -2.25. The molecule has 1 fully saturated rings. The first-order valence-electron chi connectivity index (χ1n) is 6.13. The molecular weight excluding hydrogens is 324 g/mol. The highest BCUT2D eigenvalue weighted by Gasteiger charge is 2.40. The number of rotatable bonds is 8. The van der Waals surface area contributed by atoms with Gasteiger partial charge in [0, 0.05) is 6.42 Å². The highest BCUT2D eigenvalue weighted by molar-refractivity contribution is 9.09. The molecule has 0 unspecified atom stereocenters. The van der Waals surface area contributed by atoms with E-state index in [0.717, 1.165) is 31.9 Å².